The van der Waals surface area contributed by atoms with E-state index in [1.54, 1.807) is 24.3 Å². The summed E-state index contributed by atoms with van der Waals surface area (Å²) >= 11 is 0. The lowest BCUT2D eigenvalue weighted by atomic mass is 10.00. The summed E-state index contributed by atoms with van der Waals surface area (Å²) in [6, 6.07) is 7.04. The summed E-state index contributed by atoms with van der Waals surface area (Å²) in [4.78, 5) is 26.4. The van der Waals surface area contributed by atoms with Gasteiger partial charge in [0.15, 0.2) is 5.78 Å². The summed E-state index contributed by atoms with van der Waals surface area (Å²) in [6.07, 6.45) is 2.23. The average molecular weight is 244 g/mol. The van der Waals surface area contributed by atoms with Crippen LogP contribution >= 0.6 is 0 Å². The van der Waals surface area contributed by atoms with E-state index in [0.717, 1.165) is 12.8 Å². The Morgan fingerprint density at radius 1 is 1.28 bits per heavy atom. The van der Waals surface area contributed by atoms with Crippen molar-refractivity contribution in [3.05, 3.63) is 40.2 Å². The molecule has 0 amide bonds. The number of fused-ring (bicyclic) bond motifs is 1. The minimum atomic E-state index is -0.254. The molecular weight excluding hydrogens is 228 g/mol. The third-order valence-corrected chi connectivity index (χ3v) is 2.99. The molecule has 0 fully saturated rings. The summed E-state index contributed by atoms with van der Waals surface area (Å²) in [5.74, 6) is 0.154. The Kier molecular flexibility index (Phi) is 3.46. The monoisotopic (exact) mass is 244 g/mol. The van der Waals surface area contributed by atoms with Crippen molar-refractivity contribution in [1.82, 2.24) is 4.98 Å². The Balaban J connectivity index is 2.63. The van der Waals surface area contributed by atoms with Crippen LogP contribution in [0.4, 0.5) is 5.82 Å². The number of carbonyl (C=O) groups excluding carboxylic acids is 1. The van der Waals surface area contributed by atoms with Gasteiger partial charge in [0.25, 0.3) is 5.56 Å². The van der Waals surface area contributed by atoms with Crippen molar-refractivity contribution in [1.29, 1.82) is 0 Å². The molecule has 3 N–H and O–H groups in total. The number of hydrogen-bond donors (Lipinski definition) is 2. The highest BCUT2D eigenvalue weighted by molar-refractivity contribution is 6.11. The van der Waals surface area contributed by atoms with Crippen molar-refractivity contribution in [2.75, 3.05) is 5.73 Å². The third kappa shape index (κ3) is 2.14. The lowest BCUT2D eigenvalue weighted by Gasteiger charge is -2.08. The van der Waals surface area contributed by atoms with E-state index in [4.69, 9.17) is 5.73 Å². The number of nitrogens with two attached hydrogens (primary N) is 1. The Bertz CT molecular complexity index is 644. The quantitative estimate of drug-likeness (QED) is 0.811. The molecule has 1 heterocycles. The van der Waals surface area contributed by atoms with Crippen molar-refractivity contribution >= 4 is 22.4 Å². The van der Waals surface area contributed by atoms with Crippen LogP contribution in [0.1, 0.15) is 36.5 Å². The number of rotatable bonds is 4. The normalized spacial score (nSPS) is 10.7. The van der Waals surface area contributed by atoms with Crippen LogP contribution in [-0.4, -0.2) is 10.8 Å². The maximum atomic E-state index is 12.1. The van der Waals surface area contributed by atoms with Gasteiger partial charge in [-0.1, -0.05) is 31.5 Å². The minimum Gasteiger partial charge on any atom is -0.385 e. The van der Waals surface area contributed by atoms with Gasteiger partial charge in [-0.3, -0.25) is 9.59 Å². The molecule has 0 bridgehead atoms. The first-order chi connectivity index (χ1) is 8.65. The molecule has 0 saturated heterocycles. The van der Waals surface area contributed by atoms with E-state index in [2.05, 4.69) is 4.98 Å². The van der Waals surface area contributed by atoms with Crippen LogP contribution in [0.25, 0.3) is 10.8 Å². The number of anilines is 1. The number of nitrogen functional groups attached to an aromatic ring is 1. The highest BCUT2D eigenvalue weighted by atomic mass is 16.1. The topological polar surface area (TPSA) is 76.0 Å². The molecule has 0 aliphatic heterocycles. The Morgan fingerprint density at radius 3 is 2.61 bits per heavy atom. The van der Waals surface area contributed by atoms with Gasteiger partial charge in [-0.25, -0.2) is 0 Å². The SMILES string of the molecule is CCCCC(=O)c1c(N)[nH]c(=O)c2ccccc12. The molecule has 0 aliphatic carbocycles. The molecule has 0 aliphatic rings. The summed E-state index contributed by atoms with van der Waals surface area (Å²) < 4.78 is 0. The fourth-order valence-corrected chi connectivity index (χ4v) is 2.06. The third-order valence-electron chi connectivity index (χ3n) is 2.99. The van der Waals surface area contributed by atoms with Crippen molar-refractivity contribution in [3.8, 4) is 0 Å². The fourth-order valence-electron chi connectivity index (χ4n) is 2.06. The summed E-state index contributed by atoms with van der Waals surface area (Å²) in [5.41, 5.74) is 5.97. The van der Waals surface area contributed by atoms with Gasteiger partial charge in [0.05, 0.1) is 5.56 Å². The summed E-state index contributed by atoms with van der Waals surface area (Å²) in [5, 5.41) is 1.14. The number of aromatic amines is 1. The number of H-pyrrole nitrogens is 1. The van der Waals surface area contributed by atoms with Gasteiger partial charge in [0, 0.05) is 17.2 Å². The maximum absolute atomic E-state index is 12.1. The van der Waals surface area contributed by atoms with Gasteiger partial charge in [-0.05, 0) is 12.5 Å². The van der Waals surface area contributed by atoms with Gasteiger partial charge in [-0.15, -0.1) is 0 Å². The van der Waals surface area contributed by atoms with Crippen LogP contribution < -0.4 is 11.3 Å². The molecule has 1 aromatic heterocycles. The average Bonchev–Trinajstić information content (AvgIpc) is 2.36. The summed E-state index contributed by atoms with van der Waals surface area (Å²) in [6.45, 7) is 2.03. The van der Waals surface area contributed by atoms with E-state index in [9.17, 15) is 9.59 Å². The molecule has 0 atom stereocenters. The number of benzene rings is 1. The lowest BCUT2D eigenvalue weighted by Crippen LogP contribution is -2.15. The van der Waals surface area contributed by atoms with Gasteiger partial charge >= 0.3 is 0 Å². The largest absolute Gasteiger partial charge is 0.385 e. The number of pyridine rings is 1. The Labute approximate surface area is 105 Å². The zero-order chi connectivity index (χ0) is 13.1. The number of hydrogen-bond acceptors (Lipinski definition) is 3. The van der Waals surface area contributed by atoms with Gasteiger partial charge in [-0.2, -0.15) is 0 Å². The molecule has 0 saturated carbocycles. The van der Waals surface area contributed by atoms with Crippen molar-refractivity contribution in [2.24, 2.45) is 0 Å². The van der Waals surface area contributed by atoms with Crippen molar-refractivity contribution in [3.63, 3.8) is 0 Å². The molecule has 2 aromatic rings. The number of unbranched alkanes of at least 4 members (excludes halogenated alkanes) is 1. The first-order valence-electron chi connectivity index (χ1n) is 6.08. The smallest absolute Gasteiger partial charge is 0.257 e. The molecular formula is C14H16N2O2. The fraction of sp³-hybridized carbons (Fsp3) is 0.286. The first-order valence-corrected chi connectivity index (χ1v) is 6.08. The second kappa shape index (κ2) is 5.04. The predicted octanol–water partition coefficient (Wildman–Crippen LogP) is 2.48. The van der Waals surface area contributed by atoms with E-state index in [-0.39, 0.29) is 17.2 Å². The zero-order valence-electron chi connectivity index (χ0n) is 10.3. The van der Waals surface area contributed by atoms with Gasteiger partial charge < -0.3 is 10.7 Å². The number of ketones is 1. The molecule has 18 heavy (non-hydrogen) atoms. The maximum Gasteiger partial charge on any atom is 0.257 e. The van der Waals surface area contributed by atoms with Crippen molar-refractivity contribution in [2.45, 2.75) is 26.2 Å². The molecule has 0 spiro atoms. The molecule has 4 heteroatoms. The second-order valence-electron chi connectivity index (χ2n) is 4.32. The number of aromatic nitrogens is 1. The molecule has 94 valence electrons. The van der Waals surface area contributed by atoms with E-state index in [1.807, 2.05) is 6.92 Å². The van der Waals surface area contributed by atoms with Crippen LogP contribution in [-0.2, 0) is 0 Å². The van der Waals surface area contributed by atoms with Gasteiger partial charge in [0.1, 0.15) is 5.82 Å². The van der Waals surface area contributed by atoms with E-state index < -0.39 is 0 Å². The molecule has 0 radical (unpaired) electrons. The summed E-state index contributed by atoms with van der Waals surface area (Å²) in [7, 11) is 0. The van der Waals surface area contributed by atoms with Gasteiger partial charge in [0.2, 0.25) is 0 Å². The van der Waals surface area contributed by atoms with Crippen LogP contribution in [0.2, 0.25) is 0 Å². The second-order valence-corrected chi connectivity index (χ2v) is 4.32. The predicted molar refractivity (Wildman–Crippen MR) is 72.8 cm³/mol. The van der Waals surface area contributed by atoms with Crippen LogP contribution in [0, 0.1) is 0 Å². The van der Waals surface area contributed by atoms with Crippen LogP contribution in [0.3, 0.4) is 0 Å². The minimum absolute atomic E-state index is 0.0122. The standard InChI is InChI=1S/C14H16N2O2/c1-2-3-8-11(17)12-9-6-4-5-7-10(9)14(18)16-13(12)15/h4-7H,2-3,8H2,1H3,(H3,15,16,18). The molecule has 1 aromatic carbocycles. The number of carbonyl (C=O) groups is 1. The Morgan fingerprint density at radius 2 is 1.94 bits per heavy atom. The Hall–Kier alpha value is -2.10. The van der Waals surface area contributed by atoms with Crippen LogP contribution in [0.5, 0.6) is 0 Å². The van der Waals surface area contributed by atoms with E-state index in [1.165, 1.54) is 0 Å². The van der Waals surface area contributed by atoms with E-state index in [0.29, 0.717) is 22.8 Å². The lowest BCUT2D eigenvalue weighted by molar-refractivity contribution is 0.0982. The molecule has 2 rings (SSSR count). The highest BCUT2D eigenvalue weighted by Gasteiger charge is 2.15. The first kappa shape index (κ1) is 12.4. The van der Waals surface area contributed by atoms with Crippen molar-refractivity contribution < 1.29 is 4.79 Å². The number of Topliss-reactive ketones (excluding diaryl/α,β-unsaturated/α-hetero) is 1. The van der Waals surface area contributed by atoms with E-state index >= 15 is 0 Å². The number of nitrogens with one attached hydrogen (secondary N) is 1. The molecule has 4 nitrogen and oxygen atoms in total. The van der Waals surface area contributed by atoms with Crippen LogP contribution in [0.15, 0.2) is 29.1 Å². The molecule has 0 unspecified atom stereocenters. The zero-order valence-corrected chi connectivity index (χ0v) is 10.3. The highest BCUT2D eigenvalue weighted by Crippen LogP contribution is 2.21.